The third-order valence-corrected chi connectivity index (χ3v) is 5.14. The summed E-state index contributed by atoms with van der Waals surface area (Å²) in [7, 11) is 4.03. The lowest BCUT2D eigenvalue weighted by Crippen LogP contribution is -2.34. The Morgan fingerprint density at radius 1 is 1.15 bits per heavy atom. The number of aryl methyl sites for hydroxylation is 2. The molecule has 0 radical (unpaired) electrons. The Morgan fingerprint density at radius 2 is 1.85 bits per heavy atom. The van der Waals surface area contributed by atoms with Gasteiger partial charge in [-0.05, 0) is 51.7 Å². The molecule has 0 saturated carbocycles. The van der Waals surface area contributed by atoms with Crippen LogP contribution in [0.25, 0.3) is 11.0 Å². The van der Waals surface area contributed by atoms with E-state index in [1.165, 1.54) is 11.1 Å². The van der Waals surface area contributed by atoms with Crippen molar-refractivity contribution >= 4 is 32.8 Å². The number of halogens is 1. The number of nitrogens with one attached hydrogen (secondary N) is 1. The molecule has 136 valence electrons. The smallest absolute Gasteiger partial charge is 0.287 e. The second kappa shape index (κ2) is 7.64. The molecule has 0 bridgehead atoms. The minimum atomic E-state index is -0.186. The summed E-state index contributed by atoms with van der Waals surface area (Å²) in [6.07, 6.45) is 0. The molecule has 0 saturated heterocycles. The highest BCUT2D eigenvalue weighted by molar-refractivity contribution is 9.10. The molecule has 0 aliphatic heterocycles. The summed E-state index contributed by atoms with van der Waals surface area (Å²) in [5.41, 5.74) is 3.97. The summed E-state index contributed by atoms with van der Waals surface area (Å²) >= 11 is 3.46. The molecule has 0 aliphatic carbocycles. The van der Waals surface area contributed by atoms with E-state index in [9.17, 15) is 4.79 Å². The van der Waals surface area contributed by atoms with Gasteiger partial charge in [-0.15, -0.1) is 0 Å². The number of rotatable bonds is 5. The molecule has 5 heteroatoms. The zero-order chi connectivity index (χ0) is 18.8. The number of carbonyl (C=O) groups excluding carboxylic acids is 1. The van der Waals surface area contributed by atoms with E-state index >= 15 is 0 Å². The van der Waals surface area contributed by atoms with E-state index in [-0.39, 0.29) is 11.9 Å². The zero-order valence-corrected chi connectivity index (χ0v) is 17.1. The summed E-state index contributed by atoms with van der Waals surface area (Å²) in [5, 5.41) is 3.97. The highest BCUT2D eigenvalue weighted by Crippen LogP contribution is 2.28. The van der Waals surface area contributed by atoms with Crippen LogP contribution >= 0.6 is 15.9 Å². The van der Waals surface area contributed by atoms with E-state index in [1.807, 2.05) is 39.2 Å². The lowest BCUT2D eigenvalue weighted by molar-refractivity contribution is 0.0915. The average Bonchev–Trinajstić information content (AvgIpc) is 2.93. The molecule has 3 rings (SSSR count). The number of amides is 1. The molecule has 0 spiro atoms. The van der Waals surface area contributed by atoms with Crippen molar-refractivity contribution in [3.63, 3.8) is 0 Å². The summed E-state index contributed by atoms with van der Waals surface area (Å²) in [6.45, 7) is 4.49. The molecule has 0 aliphatic rings. The van der Waals surface area contributed by atoms with Crippen LogP contribution in [0.3, 0.4) is 0 Å². The van der Waals surface area contributed by atoms with E-state index < -0.39 is 0 Å². The number of benzene rings is 2. The van der Waals surface area contributed by atoms with Crippen LogP contribution in [0.5, 0.6) is 0 Å². The van der Waals surface area contributed by atoms with E-state index in [4.69, 9.17) is 4.42 Å². The first-order valence-corrected chi connectivity index (χ1v) is 9.36. The normalized spacial score (nSPS) is 12.5. The standard InChI is InChI=1S/C21H23BrN2O2/c1-13-5-7-15(8-6-13)18(24(3)4)12-23-21(25)20-14(2)17-11-16(22)9-10-19(17)26-20/h5-11,18H,12H2,1-4H3,(H,23,25)/t18-/m0/s1. The zero-order valence-electron chi connectivity index (χ0n) is 15.5. The van der Waals surface area contributed by atoms with Gasteiger partial charge in [0.25, 0.3) is 5.91 Å². The molecule has 0 fully saturated rings. The Hall–Kier alpha value is -2.11. The Morgan fingerprint density at radius 3 is 2.50 bits per heavy atom. The molecule has 2 aromatic carbocycles. The van der Waals surface area contributed by atoms with E-state index in [1.54, 1.807) is 0 Å². The summed E-state index contributed by atoms with van der Waals surface area (Å²) in [4.78, 5) is 14.8. The van der Waals surface area contributed by atoms with Crippen LogP contribution in [0.2, 0.25) is 0 Å². The first-order valence-electron chi connectivity index (χ1n) is 8.56. The Labute approximate surface area is 162 Å². The average molecular weight is 415 g/mol. The van der Waals surface area contributed by atoms with Gasteiger partial charge in [-0.1, -0.05) is 45.8 Å². The molecule has 0 unspecified atom stereocenters. The highest BCUT2D eigenvalue weighted by Gasteiger charge is 2.20. The van der Waals surface area contributed by atoms with Crippen molar-refractivity contribution in [2.75, 3.05) is 20.6 Å². The van der Waals surface area contributed by atoms with Gasteiger partial charge in [-0.3, -0.25) is 4.79 Å². The molecule has 26 heavy (non-hydrogen) atoms. The predicted octanol–water partition coefficient (Wildman–Crippen LogP) is 4.84. The lowest BCUT2D eigenvalue weighted by Gasteiger charge is -2.25. The Balaban J connectivity index is 1.78. The minimum absolute atomic E-state index is 0.0957. The molecule has 1 amide bonds. The summed E-state index contributed by atoms with van der Waals surface area (Å²) < 4.78 is 6.75. The van der Waals surface area contributed by atoms with Crippen LogP contribution in [0, 0.1) is 13.8 Å². The van der Waals surface area contributed by atoms with E-state index in [0.717, 1.165) is 21.0 Å². The van der Waals surface area contributed by atoms with Gasteiger partial charge in [0.2, 0.25) is 0 Å². The predicted molar refractivity (Wildman–Crippen MR) is 109 cm³/mol. The number of fused-ring (bicyclic) bond motifs is 1. The van der Waals surface area contributed by atoms with Gasteiger partial charge in [-0.25, -0.2) is 0 Å². The van der Waals surface area contributed by atoms with Crippen molar-refractivity contribution < 1.29 is 9.21 Å². The number of hydrogen-bond donors (Lipinski definition) is 1. The largest absolute Gasteiger partial charge is 0.451 e. The molecule has 1 aromatic heterocycles. The number of furan rings is 1. The SMILES string of the molecule is Cc1ccc([C@H](CNC(=O)c2oc3ccc(Br)cc3c2C)N(C)C)cc1. The second-order valence-electron chi connectivity index (χ2n) is 6.80. The van der Waals surface area contributed by atoms with E-state index in [2.05, 4.69) is 57.3 Å². The maximum Gasteiger partial charge on any atom is 0.287 e. The van der Waals surface area contributed by atoms with Gasteiger partial charge in [0, 0.05) is 22.0 Å². The topological polar surface area (TPSA) is 45.5 Å². The fourth-order valence-electron chi connectivity index (χ4n) is 3.07. The summed E-state index contributed by atoms with van der Waals surface area (Å²) in [5.74, 6) is 0.188. The van der Waals surface area contributed by atoms with Crippen LogP contribution in [0.15, 0.2) is 51.4 Å². The minimum Gasteiger partial charge on any atom is -0.451 e. The van der Waals surface area contributed by atoms with Crippen LogP contribution in [-0.2, 0) is 0 Å². The fourth-order valence-corrected chi connectivity index (χ4v) is 3.43. The number of likely N-dealkylation sites (N-methyl/N-ethyl adjacent to an activating group) is 1. The van der Waals surface area contributed by atoms with Gasteiger partial charge in [-0.2, -0.15) is 0 Å². The Bertz CT molecular complexity index is 929. The van der Waals surface area contributed by atoms with Gasteiger partial charge in [0.15, 0.2) is 5.76 Å². The maximum atomic E-state index is 12.7. The monoisotopic (exact) mass is 414 g/mol. The lowest BCUT2D eigenvalue weighted by atomic mass is 10.0. The van der Waals surface area contributed by atoms with Gasteiger partial charge < -0.3 is 14.6 Å². The van der Waals surface area contributed by atoms with Crippen LogP contribution in [0.1, 0.15) is 33.3 Å². The number of hydrogen-bond acceptors (Lipinski definition) is 3. The van der Waals surface area contributed by atoms with Crippen molar-refractivity contribution in [2.45, 2.75) is 19.9 Å². The molecular weight excluding hydrogens is 392 g/mol. The van der Waals surface area contributed by atoms with E-state index in [0.29, 0.717) is 12.3 Å². The maximum absolute atomic E-state index is 12.7. The van der Waals surface area contributed by atoms with Gasteiger partial charge >= 0.3 is 0 Å². The van der Waals surface area contributed by atoms with Crippen LogP contribution < -0.4 is 5.32 Å². The van der Waals surface area contributed by atoms with Crippen LogP contribution in [-0.4, -0.2) is 31.4 Å². The molecule has 1 N–H and O–H groups in total. The molecular formula is C21H23BrN2O2. The third-order valence-electron chi connectivity index (χ3n) is 4.65. The molecule has 1 atom stereocenters. The first-order chi connectivity index (χ1) is 12.4. The van der Waals surface area contributed by atoms with Crippen molar-refractivity contribution in [3.8, 4) is 0 Å². The highest BCUT2D eigenvalue weighted by atomic mass is 79.9. The third kappa shape index (κ3) is 3.84. The molecule has 1 heterocycles. The molecule has 4 nitrogen and oxygen atoms in total. The Kier molecular flexibility index (Phi) is 5.49. The van der Waals surface area contributed by atoms with Gasteiger partial charge in [0.05, 0.1) is 6.04 Å². The number of nitrogens with zero attached hydrogens (tertiary/aromatic N) is 1. The quantitative estimate of drug-likeness (QED) is 0.649. The number of carbonyl (C=O) groups is 1. The summed E-state index contributed by atoms with van der Waals surface area (Å²) in [6, 6.07) is 14.2. The van der Waals surface area contributed by atoms with Crippen molar-refractivity contribution in [1.29, 1.82) is 0 Å². The second-order valence-corrected chi connectivity index (χ2v) is 7.71. The van der Waals surface area contributed by atoms with Crippen LogP contribution in [0.4, 0.5) is 0 Å². The van der Waals surface area contributed by atoms with Crippen molar-refractivity contribution in [2.24, 2.45) is 0 Å². The van der Waals surface area contributed by atoms with Crippen molar-refractivity contribution in [1.82, 2.24) is 10.2 Å². The fraction of sp³-hybridized carbons (Fsp3) is 0.286. The van der Waals surface area contributed by atoms with Crippen molar-refractivity contribution in [3.05, 3.63) is 69.4 Å². The molecule has 3 aromatic rings. The van der Waals surface area contributed by atoms with Gasteiger partial charge in [0.1, 0.15) is 5.58 Å². The first kappa shape index (κ1) is 18.7.